The lowest BCUT2D eigenvalue weighted by Gasteiger charge is -2.08. The second-order valence-corrected chi connectivity index (χ2v) is 7.66. The van der Waals surface area contributed by atoms with Crippen LogP contribution in [0.15, 0.2) is 52.7 Å². The van der Waals surface area contributed by atoms with Gasteiger partial charge in [-0.2, -0.15) is 5.10 Å². The molecule has 1 fully saturated rings. The molecule has 1 atom stereocenters. The van der Waals surface area contributed by atoms with E-state index in [1.165, 1.54) is 12.3 Å². The van der Waals surface area contributed by atoms with Crippen molar-refractivity contribution in [2.75, 3.05) is 5.32 Å². The average Bonchev–Trinajstić information content (AvgIpc) is 2.97. The third kappa shape index (κ3) is 5.34. The molecular weight excluding hydrogens is 400 g/mol. The van der Waals surface area contributed by atoms with E-state index in [0.29, 0.717) is 21.4 Å². The number of hydrogen-bond donors (Lipinski definition) is 3. The Balaban J connectivity index is 1.56. The van der Waals surface area contributed by atoms with Crippen LogP contribution in [0, 0.1) is 6.92 Å². The van der Waals surface area contributed by atoms with E-state index in [1.807, 2.05) is 13.0 Å². The normalized spacial score (nSPS) is 17.9. The van der Waals surface area contributed by atoms with Gasteiger partial charge >= 0.3 is 0 Å². The second kappa shape index (κ2) is 8.90. The van der Waals surface area contributed by atoms with E-state index in [2.05, 4.69) is 20.8 Å². The van der Waals surface area contributed by atoms with Crippen LogP contribution in [0.2, 0.25) is 5.02 Å². The van der Waals surface area contributed by atoms with Gasteiger partial charge in [-0.25, -0.2) is 0 Å². The molecule has 2 aromatic rings. The van der Waals surface area contributed by atoms with Crippen molar-refractivity contribution in [3.05, 3.63) is 58.6 Å². The van der Waals surface area contributed by atoms with E-state index in [9.17, 15) is 14.7 Å². The maximum atomic E-state index is 12.2. The molecule has 2 amide bonds. The number of aromatic hydroxyl groups is 1. The van der Waals surface area contributed by atoms with Crippen LogP contribution >= 0.6 is 23.4 Å². The molecule has 0 unspecified atom stereocenters. The Morgan fingerprint density at radius 3 is 2.93 bits per heavy atom. The van der Waals surface area contributed by atoms with Crippen molar-refractivity contribution in [3.63, 3.8) is 0 Å². The highest BCUT2D eigenvalue weighted by Gasteiger charge is 2.32. The van der Waals surface area contributed by atoms with Crippen LogP contribution in [0.5, 0.6) is 5.75 Å². The fourth-order valence-electron chi connectivity index (χ4n) is 2.39. The van der Waals surface area contributed by atoms with Crippen molar-refractivity contribution >= 4 is 52.2 Å². The number of halogens is 1. The predicted molar refractivity (Wildman–Crippen MR) is 112 cm³/mol. The molecule has 0 aromatic heterocycles. The van der Waals surface area contributed by atoms with Gasteiger partial charge in [0, 0.05) is 17.1 Å². The first-order valence-electron chi connectivity index (χ1n) is 8.34. The van der Waals surface area contributed by atoms with E-state index in [4.69, 9.17) is 11.6 Å². The van der Waals surface area contributed by atoms with Gasteiger partial charge in [0.25, 0.3) is 0 Å². The monoisotopic (exact) mass is 416 g/mol. The minimum Gasteiger partial charge on any atom is -0.508 e. The molecule has 1 heterocycles. The van der Waals surface area contributed by atoms with Crippen LogP contribution in [-0.2, 0) is 9.59 Å². The van der Waals surface area contributed by atoms with Gasteiger partial charge in [-0.15, -0.1) is 5.10 Å². The van der Waals surface area contributed by atoms with Crippen LogP contribution in [0.4, 0.5) is 5.69 Å². The highest BCUT2D eigenvalue weighted by molar-refractivity contribution is 8.15. The minimum absolute atomic E-state index is 0.00269. The number of carbonyl (C=O) groups excluding carboxylic acids is 2. The molecule has 1 aliphatic heterocycles. The number of aryl methyl sites for hydroxylation is 1. The van der Waals surface area contributed by atoms with Crippen molar-refractivity contribution in [3.8, 4) is 5.75 Å². The molecule has 0 aliphatic carbocycles. The van der Waals surface area contributed by atoms with Gasteiger partial charge in [-0.3, -0.25) is 9.59 Å². The number of hydrogen-bond acceptors (Lipinski definition) is 6. The molecule has 144 valence electrons. The van der Waals surface area contributed by atoms with Gasteiger partial charge in [-0.1, -0.05) is 41.6 Å². The third-order valence-electron chi connectivity index (χ3n) is 3.83. The summed E-state index contributed by atoms with van der Waals surface area (Å²) in [6, 6.07) is 11.8. The van der Waals surface area contributed by atoms with Gasteiger partial charge in [0.2, 0.25) is 11.8 Å². The standard InChI is InChI=1S/C19H17ClN4O3S/c1-11-5-6-13(8-15(11)20)22-17(26)9-16-18(27)23-19(28-16)24-21-10-12-3-2-4-14(25)7-12/h2-8,10,16,25H,9H2,1H3,(H,22,26)(H,23,24,27)/b21-10-/t16-/m0/s1. The summed E-state index contributed by atoms with van der Waals surface area (Å²) in [6.07, 6.45) is 1.46. The number of phenolic OH excluding ortho intramolecular Hbond substituents is 1. The first kappa shape index (κ1) is 19.9. The number of benzene rings is 2. The van der Waals surface area contributed by atoms with Gasteiger partial charge in [0.05, 0.1) is 6.21 Å². The number of nitrogens with one attached hydrogen (secondary N) is 2. The van der Waals surface area contributed by atoms with Gasteiger partial charge in [0.1, 0.15) is 11.0 Å². The van der Waals surface area contributed by atoms with E-state index in [0.717, 1.165) is 17.3 Å². The molecule has 1 aliphatic rings. The van der Waals surface area contributed by atoms with Gasteiger partial charge < -0.3 is 15.7 Å². The maximum absolute atomic E-state index is 12.2. The molecule has 0 bridgehead atoms. The van der Waals surface area contributed by atoms with Crippen molar-refractivity contribution in [2.45, 2.75) is 18.6 Å². The third-order valence-corrected chi connectivity index (χ3v) is 5.31. The van der Waals surface area contributed by atoms with Crippen LogP contribution in [0.1, 0.15) is 17.5 Å². The number of amidine groups is 1. The van der Waals surface area contributed by atoms with Crippen LogP contribution in [0.3, 0.4) is 0 Å². The Morgan fingerprint density at radius 2 is 2.18 bits per heavy atom. The molecular formula is C19H17ClN4O3S. The molecule has 9 heteroatoms. The smallest absolute Gasteiger partial charge is 0.240 e. The number of amides is 2. The van der Waals surface area contributed by atoms with Crippen LogP contribution in [-0.4, -0.2) is 33.6 Å². The van der Waals surface area contributed by atoms with Crippen molar-refractivity contribution in [1.82, 2.24) is 5.32 Å². The molecule has 2 aromatic carbocycles. The summed E-state index contributed by atoms with van der Waals surface area (Å²) in [5.41, 5.74) is 2.16. The Bertz CT molecular complexity index is 977. The summed E-state index contributed by atoms with van der Waals surface area (Å²) in [6.45, 7) is 1.87. The van der Waals surface area contributed by atoms with Gasteiger partial charge in [-0.05, 0) is 42.3 Å². The molecule has 3 N–H and O–H groups in total. The molecule has 0 saturated carbocycles. The van der Waals surface area contributed by atoms with Crippen molar-refractivity contribution < 1.29 is 14.7 Å². The number of anilines is 1. The lowest BCUT2D eigenvalue weighted by Crippen LogP contribution is -2.28. The topological polar surface area (TPSA) is 103 Å². The zero-order valence-corrected chi connectivity index (χ0v) is 16.4. The fraction of sp³-hybridized carbons (Fsp3) is 0.158. The van der Waals surface area contributed by atoms with Crippen LogP contribution < -0.4 is 10.6 Å². The molecule has 1 saturated heterocycles. The highest BCUT2D eigenvalue weighted by Crippen LogP contribution is 2.24. The molecule has 28 heavy (non-hydrogen) atoms. The summed E-state index contributed by atoms with van der Waals surface area (Å²) >= 11 is 7.19. The first-order valence-corrected chi connectivity index (χ1v) is 9.60. The summed E-state index contributed by atoms with van der Waals surface area (Å²) in [5.74, 6) is -0.466. The number of carbonyl (C=O) groups is 2. The Morgan fingerprint density at radius 1 is 1.36 bits per heavy atom. The maximum Gasteiger partial charge on any atom is 0.240 e. The van der Waals surface area contributed by atoms with E-state index < -0.39 is 5.25 Å². The largest absolute Gasteiger partial charge is 0.508 e. The van der Waals surface area contributed by atoms with Gasteiger partial charge in [0.15, 0.2) is 5.17 Å². The zero-order chi connectivity index (χ0) is 20.1. The fourth-order valence-corrected chi connectivity index (χ4v) is 3.50. The zero-order valence-electron chi connectivity index (χ0n) is 14.8. The van der Waals surface area contributed by atoms with Crippen molar-refractivity contribution in [1.29, 1.82) is 0 Å². The molecule has 0 radical (unpaired) electrons. The first-order chi connectivity index (χ1) is 13.4. The molecule has 7 nitrogen and oxygen atoms in total. The Hall–Kier alpha value is -2.84. The minimum atomic E-state index is -0.587. The summed E-state index contributed by atoms with van der Waals surface area (Å²) in [5, 5.41) is 22.9. The average molecular weight is 417 g/mol. The summed E-state index contributed by atoms with van der Waals surface area (Å²) in [7, 11) is 0. The summed E-state index contributed by atoms with van der Waals surface area (Å²) < 4.78 is 0. The number of thioether (sulfide) groups is 1. The van der Waals surface area contributed by atoms with E-state index in [1.54, 1.807) is 30.3 Å². The Kier molecular flexibility index (Phi) is 6.33. The van der Waals surface area contributed by atoms with Crippen molar-refractivity contribution in [2.24, 2.45) is 10.2 Å². The van der Waals surface area contributed by atoms with Crippen LogP contribution in [0.25, 0.3) is 0 Å². The lowest BCUT2D eigenvalue weighted by molar-refractivity contribution is -0.122. The lowest BCUT2D eigenvalue weighted by atomic mass is 10.2. The second-order valence-electron chi connectivity index (χ2n) is 6.06. The quantitative estimate of drug-likeness (QED) is 0.514. The molecule has 3 rings (SSSR count). The highest BCUT2D eigenvalue weighted by atomic mass is 35.5. The Labute approximate surface area is 170 Å². The van der Waals surface area contributed by atoms with E-state index in [-0.39, 0.29) is 24.0 Å². The summed E-state index contributed by atoms with van der Waals surface area (Å²) in [4.78, 5) is 24.3. The SMILES string of the molecule is Cc1ccc(NC(=O)C[C@@H]2S/C(=N/N=C\c3cccc(O)c3)NC2=O)cc1Cl. The number of nitrogens with zero attached hydrogens (tertiary/aromatic N) is 2. The molecule has 0 spiro atoms. The predicted octanol–water partition coefficient (Wildman–Crippen LogP) is 3.30. The number of rotatable bonds is 5. The van der Waals surface area contributed by atoms with E-state index >= 15 is 0 Å². The number of phenols is 1.